The lowest BCUT2D eigenvalue weighted by Crippen LogP contribution is -2.25. The maximum absolute atomic E-state index is 13.2. The molecule has 0 saturated heterocycles. The third-order valence-corrected chi connectivity index (χ3v) is 5.99. The second kappa shape index (κ2) is 7.74. The van der Waals surface area contributed by atoms with Crippen molar-refractivity contribution in [3.05, 3.63) is 63.5 Å². The molecule has 2 aromatic heterocycles. The Balaban J connectivity index is 1.84. The number of nitrogens with zero attached hydrogens (tertiary/aromatic N) is 4. The summed E-state index contributed by atoms with van der Waals surface area (Å²) in [6.07, 6.45) is 7.61. The van der Waals surface area contributed by atoms with Gasteiger partial charge in [-0.05, 0) is 51.8 Å². The summed E-state index contributed by atoms with van der Waals surface area (Å²) < 4.78 is 3.81. The van der Waals surface area contributed by atoms with Crippen molar-refractivity contribution in [1.29, 1.82) is 0 Å². The van der Waals surface area contributed by atoms with Crippen LogP contribution in [-0.2, 0) is 6.54 Å². The molecule has 2 heterocycles. The fraction of sp³-hybridized carbons (Fsp3) is 0.435. The topological polar surface area (TPSA) is 52.2 Å². The maximum Gasteiger partial charge on any atom is 0.282 e. The summed E-state index contributed by atoms with van der Waals surface area (Å²) in [6, 6.07) is 9.71. The van der Waals surface area contributed by atoms with Crippen molar-refractivity contribution < 1.29 is 0 Å². The second-order valence-corrected chi connectivity index (χ2v) is 7.75. The van der Waals surface area contributed by atoms with Crippen LogP contribution in [0.2, 0.25) is 0 Å². The van der Waals surface area contributed by atoms with E-state index in [0.717, 1.165) is 36.3 Å². The lowest BCUT2D eigenvalue weighted by Gasteiger charge is -2.22. The first-order chi connectivity index (χ1) is 13.6. The van der Waals surface area contributed by atoms with Crippen LogP contribution in [0.4, 0.5) is 0 Å². The molecule has 5 nitrogen and oxygen atoms in total. The van der Waals surface area contributed by atoms with E-state index in [-0.39, 0.29) is 5.56 Å². The fourth-order valence-corrected chi connectivity index (χ4v) is 4.44. The van der Waals surface area contributed by atoms with E-state index in [1.54, 1.807) is 4.68 Å². The predicted octanol–water partition coefficient (Wildman–Crippen LogP) is 4.76. The highest BCUT2D eigenvalue weighted by molar-refractivity contribution is 5.82. The molecule has 0 unspecified atom stereocenters. The number of hydrogen-bond acceptors (Lipinski definition) is 3. The van der Waals surface area contributed by atoms with Gasteiger partial charge in [0.25, 0.3) is 5.56 Å². The van der Waals surface area contributed by atoms with Crippen molar-refractivity contribution >= 4 is 17.1 Å². The molecule has 1 aromatic carbocycles. The summed E-state index contributed by atoms with van der Waals surface area (Å²) in [5, 5.41) is 5.28. The zero-order chi connectivity index (χ0) is 19.7. The highest BCUT2D eigenvalue weighted by atomic mass is 16.1. The van der Waals surface area contributed by atoms with Gasteiger partial charge in [0.15, 0.2) is 0 Å². The number of aromatic nitrogens is 3. The number of aryl methyl sites for hydroxylation is 1. The predicted molar refractivity (Wildman–Crippen MR) is 114 cm³/mol. The summed E-state index contributed by atoms with van der Waals surface area (Å²) in [6.45, 7) is 7.27. The monoisotopic (exact) mass is 376 g/mol. The summed E-state index contributed by atoms with van der Waals surface area (Å²) >= 11 is 0. The number of para-hydroxylation sites is 1. The lowest BCUT2D eigenvalue weighted by atomic mass is 9.88. The summed E-state index contributed by atoms with van der Waals surface area (Å²) in [7, 11) is 0. The van der Waals surface area contributed by atoms with Crippen LogP contribution >= 0.6 is 0 Å². The van der Waals surface area contributed by atoms with Crippen molar-refractivity contribution in [2.45, 2.75) is 65.3 Å². The van der Waals surface area contributed by atoms with Gasteiger partial charge in [0, 0.05) is 29.4 Å². The normalized spacial score (nSPS) is 15.7. The lowest BCUT2D eigenvalue weighted by molar-refractivity contribution is 0.416. The van der Waals surface area contributed by atoms with Gasteiger partial charge in [-0.1, -0.05) is 31.4 Å². The molecule has 0 N–H and O–H groups in total. The molecule has 0 aliphatic heterocycles. The van der Waals surface area contributed by atoms with Crippen LogP contribution in [0.1, 0.15) is 67.7 Å². The van der Waals surface area contributed by atoms with Crippen molar-refractivity contribution in [3.8, 4) is 0 Å². The van der Waals surface area contributed by atoms with E-state index in [1.807, 2.05) is 30.5 Å². The zero-order valence-electron chi connectivity index (χ0n) is 17.0. The van der Waals surface area contributed by atoms with Gasteiger partial charge in [0.05, 0.1) is 17.1 Å². The van der Waals surface area contributed by atoms with E-state index in [0.29, 0.717) is 11.3 Å². The number of rotatable bonds is 4. The van der Waals surface area contributed by atoms with E-state index in [9.17, 15) is 4.79 Å². The molecule has 146 valence electrons. The Morgan fingerprint density at radius 3 is 2.64 bits per heavy atom. The molecule has 0 bridgehead atoms. The van der Waals surface area contributed by atoms with Crippen LogP contribution in [0.25, 0.3) is 10.9 Å². The molecule has 28 heavy (non-hydrogen) atoms. The van der Waals surface area contributed by atoms with E-state index in [1.165, 1.54) is 30.7 Å². The molecule has 0 radical (unpaired) electrons. The van der Waals surface area contributed by atoms with Gasteiger partial charge in [-0.2, -0.15) is 9.78 Å². The molecule has 4 rings (SSSR count). The number of fused-ring (bicyclic) bond motifs is 1. The quantitative estimate of drug-likeness (QED) is 0.616. The van der Waals surface area contributed by atoms with Gasteiger partial charge in [-0.25, -0.2) is 4.98 Å². The van der Waals surface area contributed by atoms with E-state index in [4.69, 9.17) is 4.98 Å². The van der Waals surface area contributed by atoms with E-state index in [2.05, 4.69) is 36.5 Å². The first-order valence-electron chi connectivity index (χ1n) is 10.3. The third kappa shape index (κ3) is 3.30. The first kappa shape index (κ1) is 18.7. The van der Waals surface area contributed by atoms with E-state index < -0.39 is 0 Å². The standard InChI is InChI=1S/C23H28N4O/c1-4-26-16(2)14-19(17(26)3)15-24-27-22(18-10-6-5-7-11-18)25-21-13-9-8-12-20(21)23(27)28/h8-9,12-15,18H,4-7,10-11H2,1-3H3. The second-order valence-electron chi connectivity index (χ2n) is 7.75. The minimum absolute atomic E-state index is 0.0771. The molecule has 5 heteroatoms. The van der Waals surface area contributed by atoms with Crippen molar-refractivity contribution in [1.82, 2.24) is 14.2 Å². The van der Waals surface area contributed by atoms with Crippen LogP contribution in [0, 0.1) is 13.8 Å². The molecule has 1 saturated carbocycles. The smallest absolute Gasteiger partial charge is 0.282 e. The number of benzene rings is 1. The summed E-state index contributed by atoms with van der Waals surface area (Å²) in [4.78, 5) is 18.1. The highest BCUT2D eigenvalue weighted by Crippen LogP contribution is 2.31. The minimum Gasteiger partial charge on any atom is -0.349 e. The van der Waals surface area contributed by atoms with Crippen LogP contribution in [0.5, 0.6) is 0 Å². The average molecular weight is 377 g/mol. The van der Waals surface area contributed by atoms with Crippen molar-refractivity contribution in [3.63, 3.8) is 0 Å². The Labute approximate surface area is 165 Å². The summed E-state index contributed by atoms with van der Waals surface area (Å²) in [5.74, 6) is 1.11. The van der Waals surface area contributed by atoms with Crippen LogP contribution in [0.15, 0.2) is 40.2 Å². The molecule has 3 aromatic rings. The maximum atomic E-state index is 13.2. The SMILES string of the molecule is CCn1c(C)cc(C=Nn2c(C3CCCCC3)nc3ccccc3c2=O)c1C. The van der Waals surface area contributed by atoms with Gasteiger partial charge >= 0.3 is 0 Å². The third-order valence-electron chi connectivity index (χ3n) is 5.99. The molecule has 0 amide bonds. The highest BCUT2D eigenvalue weighted by Gasteiger charge is 2.22. The fourth-order valence-electron chi connectivity index (χ4n) is 4.44. The van der Waals surface area contributed by atoms with E-state index >= 15 is 0 Å². The average Bonchev–Trinajstić information content (AvgIpc) is 3.00. The largest absolute Gasteiger partial charge is 0.349 e. The molecule has 0 atom stereocenters. The van der Waals surface area contributed by atoms with Crippen molar-refractivity contribution in [2.75, 3.05) is 0 Å². The van der Waals surface area contributed by atoms with Crippen LogP contribution in [0.3, 0.4) is 0 Å². The Kier molecular flexibility index (Phi) is 5.16. The van der Waals surface area contributed by atoms with Gasteiger partial charge in [-0.3, -0.25) is 4.79 Å². The molecule has 1 fully saturated rings. The van der Waals surface area contributed by atoms with Gasteiger partial charge < -0.3 is 4.57 Å². The Morgan fingerprint density at radius 1 is 1.18 bits per heavy atom. The number of hydrogen-bond donors (Lipinski definition) is 0. The Hall–Kier alpha value is -2.69. The molecule has 1 aliphatic carbocycles. The minimum atomic E-state index is -0.0771. The molecule has 0 spiro atoms. The first-order valence-corrected chi connectivity index (χ1v) is 10.3. The van der Waals surface area contributed by atoms with Gasteiger partial charge in [-0.15, -0.1) is 0 Å². The Morgan fingerprint density at radius 2 is 1.93 bits per heavy atom. The Bertz CT molecular complexity index is 1080. The van der Waals surface area contributed by atoms with Gasteiger partial charge in [0.2, 0.25) is 0 Å². The molecular weight excluding hydrogens is 348 g/mol. The summed E-state index contributed by atoms with van der Waals surface area (Å²) in [5.41, 5.74) is 4.12. The molecular formula is C23H28N4O. The van der Waals surface area contributed by atoms with Gasteiger partial charge in [0.1, 0.15) is 5.82 Å². The molecule has 1 aliphatic rings. The van der Waals surface area contributed by atoms with Crippen LogP contribution in [-0.4, -0.2) is 20.4 Å². The zero-order valence-corrected chi connectivity index (χ0v) is 17.0. The van der Waals surface area contributed by atoms with Crippen LogP contribution < -0.4 is 5.56 Å². The van der Waals surface area contributed by atoms with Crippen molar-refractivity contribution in [2.24, 2.45) is 5.10 Å².